The summed E-state index contributed by atoms with van der Waals surface area (Å²) < 4.78 is 4.96. The quantitative estimate of drug-likeness (QED) is 0.682. The summed E-state index contributed by atoms with van der Waals surface area (Å²) in [6.07, 6.45) is 3.89. The molecular formula is C14H21N3O3. The maximum absolute atomic E-state index is 11.9. The van der Waals surface area contributed by atoms with Crippen molar-refractivity contribution in [1.29, 1.82) is 0 Å². The van der Waals surface area contributed by atoms with Crippen LogP contribution in [0.1, 0.15) is 36.7 Å². The highest BCUT2D eigenvalue weighted by atomic mass is 16.3. The van der Waals surface area contributed by atoms with Gasteiger partial charge in [-0.1, -0.05) is 0 Å². The van der Waals surface area contributed by atoms with Gasteiger partial charge >= 0.3 is 0 Å². The molecule has 1 aromatic heterocycles. The smallest absolute Gasteiger partial charge is 0.286 e. The Balaban J connectivity index is 1.71. The van der Waals surface area contributed by atoms with Crippen LogP contribution in [0.2, 0.25) is 0 Å². The maximum Gasteiger partial charge on any atom is 0.286 e. The Morgan fingerprint density at radius 1 is 1.50 bits per heavy atom. The van der Waals surface area contributed by atoms with Crippen molar-refractivity contribution in [3.63, 3.8) is 0 Å². The summed E-state index contributed by atoms with van der Waals surface area (Å²) in [5.41, 5.74) is 5.42. The van der Waals surface area contributed by atoms with Gasteiger partial charge in [0.25, 0.3) is 5.91 Å². The highest BCUT2D eigenvalue weighted by Crippen LogP contribution is 2.38. The zero-order chi connectivity index (χ0) is 14.6. The summed E-state index contributed by atoms with van der Waals surface area (Å²) in [5.74, 6) is 0.320. The minimum atomic E-state index is -0.317. The summed E-state index contributed by atoms with van der Waals surface area (Å²) >= 11 is 0. The molecule has 2 amide bonds. The summed E-state index contributed by atoms with van der Waals surface area (Å²) in [7, 11) is 0. The molecule has 1 aliphatic carbocycles. The molecule has 1 fully saturated rings. The van der Waals surface area contributed by atoms with Crippen molar-refractivity contribution in [3.05, 3.63) is 24.2 Å². The number of hydrogen-bond acceptors (Lipinski definition) is 4. The molecule has 6 heteroatoms. The van der Waals surface area contributed by atoms with Gasteiger partial charge in [-0.3, -0.25) is 9.59 Å². The van der Waals surface area contributed by atoms with Crippen molar-refractivity contribution in [3.8, 4) is 0 Å². The lowest BCUT2D eigenvalue weighted by Crippen LogP contribution is -2.53. The van der Waals surface area contributed by atoms with Crippen molar-refractivity contribution in [2.45, 2.75) is 31.7 Å². The van der Waals surface area contributed by atoms with E-state index in [0.29, 0.717) is 12.5 Å². The van der Waals surface area contributed by atoms with Crippen molar-refractivity contribution >= 4 is 11.8 Å². The molecule has 0 radical (unpaired) electrons. The Hall–Kier alpha value is -1.82. The Bertz CT molecular complexity index is 468. The zero-order valence-electron chi connectivity index (χ0n) is 11.6. The van der Waals surface area contributed by atoms with Gasteiger partial charge in [-0.05, 0) is 37.8 Å². The van der Waals surface area contributed by atoms with Crippen molar-refractivity contribution < 1.29 is 14.0 Å². The molecule has 20 heavy (non-hydrogen) atoms. The van der Waals surface area contributed by atoms with E-state index in [1.165, 1.54) is 6.26 Å². The van der Waals surface area contributed by atoms with Crippen molar-refractivity contribution in [2.24, 2.45) is 11.7 Å². The molecular weight excluding hydrogens is 258 g/mol. The van der Waals surface area contributed by atoms with Gasteiger partial charge in [0, 0.05) is 19.5 Å². The van der Waals surface area contributed by atoms with Crippen LogP contribution in [0.25, 0.3) is 0 Å². The van der Waals surface area contributed by atoms with E-state index in [2.05, 4.69) is 10.6 Å². The highest BCUT2D eigenvalue weighted by molar-refractivity contribution is 5.91. The Kier molecular flexibility index (Phi) is 4.44. The fourth-order valence-corrected chi connectivity index (χ4v) is 2.21. The lowest BCUT2D eigenvalue weighted by atomic mass is 9.96. The van der Waals surface area contributed by atoms with Gasteiger partial charge in [0.15, 0.2) is 5.76 Å². The lowest BCUT2D eigenvalue weighted by Gasteiger charge is -2.29. The van der Waals surface area contributed by atoms with Gasteiger partial charge in [-0.2, -0.15) is 0 Å². The van der Waals surface area contributed by atoms with E-state index < -0.39 is 0 Å². The molecule has 0 saturated heterocycles. The molecule has 0 spiro atoms. The Morgan fingerprint density at radius 3 is 2.80 bits per heavy atom. The average molecular weight is 279 g/mol. The van der Waals surface area contributed by atoms with Gasteiger partial charge in [-0.15, -0.1) is 0 Å². The first-order chi connectivity index (χ1) is 9.55. The predicted octanol–water partition coefficient (Wildman–Crippen LogP) is 0.643. The van der Waals surface area contributed by atoms with Crippen molar-refractivity contribution in [1.82, 2.24) is 10.6 Å². The molecule has 1 unspecified atom stereocenters. The van der Waals surface area contributed by atoms with Crippen LogP contribution in [0.4, 0.5) is 0 Å². The summed E-state index contributed by atoms with van der Waals surface area (Å²) in [4.78, 5) is 23.5. The molecule has 2 rings (SSSR count). The van der Waals surface area contributed by atoms with E-state index >= 15 is 0 Å². The maximum atomic E-state index is 11.9. The van der Waals surface area contributed by atoms with Crippen LogP contribution in [0, 0.1) is 5.92 Å². The molecule has 110 valence electrons. The summed E-state index contributed by atoms with van der Waals surface area (Å²) in [5, 5.41) is 5.61. The Labute approximate surface area is 118 Å². The second-order valence-electron chi connectivity index (χ2n) is 5.43. The van der Waals surface area contributed by atoms with Crippen LogP contribution >= 0.6 is 0 Å². The molecule has 0 bridgehead atoms. The second kappa shape index (κ2) is 6.09. The first kappa shape index (κ1) is 14.6. The van der Waals surface area contributed by atoms with Gasteiger partial charge in [-0.25, -0.2) is 0 Å². The zero-order valence-corrected chi connectivity index (χ0v) is 11.6. The van der Waals surface area contributed by atoms with Gasteiger partial charge < -0.3 is 20.8 Å². The molecule has 0 aliphatic heterocycles. The monoisotopic (exact) mass is 279 g/mol. The van der Waals surface area contributed by atoms with Crippen LogP contribution in [0.15, 0.2) is 22.8 Å². The largest absolute Gasteiger partial charge is 0.459 e. The fourth-order valence-electron chi connectivity index (χ4n) is 2.21. The molecule has 1 saturated carbocycles. The summed E-state index contributed by atoms with van der Waals surface area (Å²) in [6, 6.07) is 3.22. The fraction of sp³-hybridized carbons (Fsp3) is 0.571. The average Bonchev–Trinajstić information content (AvgIpc) is 3.14. The molecule has 6 nitrogen and oxygen atoms in total. The SMILES string of the molecule is CC(CN)(NC(=O)CCNC(=O)c1ccco1)C1CC1. The molecule has 1 heterocycles. The van der Waals surface area contributed by atoms with Crippen LogP contribution in [0.3, 0.4) is 0 Å². The first-order valence-electron chi connectivity index (χ1n) is 6.88. The van der Waals surface area contributed by atoms with Gasteiger partial charge in [0.05, 0.1) is 11.8 Å². The normalized spacial score (nSPS) is 17.3. The summed E-state index contributed by atoms with van der Waals surface area (Å²) in [6.45, 7) is 2.68. The minimum absolute atomic E-state index is 0.0930. The van der Waals surface area contributed by atoms with Gasteiger partial charge in [0.2, 0.25) is 5.91 Å². The second-order valence-corrected chi connectivity index (χ2v) is 5.43. The first-order valence-corrected chi connectivity index (χ1v) is 6.88. The van der Waals surface area contributed by atoms with E-state index in [-0.39, 0.29) is 36.1 Å². The van der Waals surface area contributed by atoms with E-state index in [0.717, 1.165) is 12.8 Å². The third-order valence-electron chi connectivity index (χ3n) is 3.71. The number of furan rings is 1. The molecule has 1 atom stereocenters. The topological polar surface area (TPSA) is 97.4 Å². The number of nitrogens with two attached hydrogens (primary N) is 1. The number of hydrogen-bond donors (Lipinski definition) is 3. The van der Waals surface area contributed by atoms with E-state index in [1.54, 1.807) is 12.1 Å². The molecule has 1 aromatic rings. The van der Waals surface area contributed by atoms with E-state index in [1.807, 2.05) is 6.92 Å². The standard InChI is InChI=1S/C14H21N3O3/c1-14(9-15,10-4-5-10)17-12(18)6-7-16-13(19)11-3-2-8-20-11/h2-3,8,10H,4-7,9,15H2,1H3,(H,16,19)(H,17,18). The van der Waals surface area contributed by atoms with E-state index in [9.17, 15) is 9.59 Å². The van der Waals surface area contributed by atoms with E-state index in [4.69, 9.17) is 10.2 Å². The number of carbonyl (C=O) groups is 2. The number of rotatable bonds is 7. The number of carbonyl (C=O) groups excluding carboxylic acids is 2. The highest BCUT2D eigenvalue weighted by Gasteiger charge is 2.41. The molecule has 0 aromatic carbocycles. The van der Waals surface area contributed by atoms with Crippen LogP contribution in [0.5, 0.6) is 0 Å². The van der Waals surface area contributed by atoms with Crippen molar-refractivity contribution in [2.75, 3.05) is 13.1 Å². The lowest BCUT2D eigenvalue weighted by molar-refractivity contribution is -0.122. The third kappa shape index (κ3) is 3.60. The Morgan fingerprint density at radius 2 is 2.25 bits per heavy atom. The number of amides is 2. The van der Waals surface area contributed by atoms with Gasteiger partial charge in [0.1, 0.15) is 0 Å². The predicted molar refractivity (Wildman–Crippen MR) is 74.0 cm³/mol. The minimum Gasteiger partial charge on any atom is -0.459 e. The van der Waals surface area contributed by atoms with Crippen LogP contribution < -0.4 is 16.4 Å². The number of nitrogens with one attached hydrogen (secondary N) is 2. The third-order valence-corrected chi connectivity index (χ3v) is 3.71. The molecule has 4 N–H and O–H groups in total. The van der Waals surface area contributed by atoms with Crippen LogP contribution in [-0.2, 0) is 4.79 Å². The van der Waals surface area contributed by atoms with Crippen LogP contribution in [-0.4, -0.2) is 30.4 Å². The molecule has 1 aliphatic rings.